The van der Waals surface area contributed by atoms with Gasteiger partial charge in [-0.2, -0.15) is 0 Å². The van der Waals surface area contributed by atoms with E-state index in [1.807, 2.05) is 18.2 Å². The van der Waals surface area contributed by atoms with Crippen LogP contribution in [0.25, 0.3) is 0 Å². The predicted molar refractivity (Wildman–Crippen MR) is 59.8 cm³/mol. The predicted octanol–water partition coefficient (Wildman–Crippen LogP) is 3.98. The Labute approximate surface area is 88.4 Å². The summed E-state index contributed by atoms with van der Waals surface area (Å²) in [6.07, 6.45) is 2.77. The Morgan fingerprint density at radius 2 is 2.15 bits per heavy atom. The number of benzene rings is 1. The molecule has 0 bridgehead atoms. The molecule has 0 fully saturated rings. The summed E-state index contributed by atoms with van der Waals surface area (Å²) in [6.45, 7) is 4.47. The molecule has 1 N–H and O–H groups in total. The Morgan fingerprint density at radius 1 is 1.38 bits per heavy atom. The molecule has 1 rings (SSSR count). The van der Waals surface area contributed by atoms with Gasteiger partial charge >= 0.3 is 0 Å². The Bertz CT molecular complexity index is 297. The minimum atomic E-state index is 0.650. The fourth-order valence-corrected chi connectivity index (χ4v) is 1.42. The molecule has 0 atom stereocenters. The fraction of sp³-hybridized carbons (Fsp3) is 0.200. The van der Waals surface area contributed by atoms with Gasteiger partial charge in [0.05, 0.1) is 10.7 Å². The number of nitrogens with one attached hydrogen (secondary N) is 1. The minimum absolute atomic E-state index is 0.650. The van der Waals surface area contributed by atoms with Crippen molar-refractivity contribution in [3.05, 3.63) is 40.9 Å². The molecule has 0 aliphatic carbocycles. The first-order valence-electron chi connectivity index (χ1n) is 4.04. The van der Waals surface area contributed by atoms with E-state index in [4.69, 9.17) is 23.2 Å². The van der Waals surface area contributed by atoms with Gasteiger partial charge < -0.3 is 5.32 Å². The second kappa shape index (κ2) is 5.15. The molecular formula is C10H11Cl2N. The Hall–Kier alpha value is -0.660. The summed E-state index contributed by atoms with van der Waals surface area (Å²) in [5.41, 5.74) is 0.910. The third-order valence-electron chi connectivity index (χ3n) is 1.60. The second-order valence-corrected chi connectivity index (χ2v) is 3.47. The van der Waals surface area contributed by atoms with Crippen molar-refractivity contribution < 1.29 is 0 Å². The molecular weight excluding hydrogens is 205 g/mol. The van der Waals surface area contributed by atoms with Crippen LogP contribution in [0.1, 0.15) is 6.42 Å². The van der Waals surface area contributed by atoms with Gasteiger partial charge in [0.2, 0.25) is 0 Å². The van der Waals surface area contributed by atoms with Crippen molar-refractivity contribution in [3.8, 4) is 0 Å². The van der Waals surface area contributed by atoms with Gasteiger partial charge in [-0.05, 0) is 24.6 Å². The average Bonchev–Trinajstić information content (AvgIpc) is 2.09. The van der Waals surface area contributed by atoms with Crippen molar-refractivity contribution in [3.63, 3.8) is 0 Å². The van der Waals surface area contributed by atoms with Gasteiger partial charge in [0.15, 0.2) is 0 Å². The molecule has 0 unspecified atom stereocenters. The third-order valence-corrected chi connectivity index (χ3v) is 2.14. The minimum Gasteiger partial charge on any atom is -0.384 e. The van der Waals surface area contributed by atoms with E-state index in [1.165, 1.54) is 0 Å². The topological polar surface area (TPSA) is 12.0 Å². The lowest BCUT2D eigenvalue weighted by Gasteiger charge is -2.06. The molecule has 0 saturated carbocycles. The highest BCUT2D eigenvalue weighted by Gasteiger charge is 1.98. The molecule has 1 aromatic carbocycles. The summed E-state index contributed by atoms with van der Waals surface area (Å²) < 4.78 is 0. The second-order valence-electron chi connectivity index (χ2n) is 2.63. The first-order valence-corrected chi connectivity index (χ1v) is 4.79. The first-order chi connectivity index (χ1) is 6.24. The van der Waals surface area contributed by atoms with E-state index >= 15 is 0 Å². The summed E-state index contributed by atoms with van der Waals surface area (Å²) >= 11 is 11.7. The van der Waals surface area contributed by atoms with Crippen LogP contribution < -0.4 is 5.32 Å². The monoisotopic (exact) mass is 215 g/mol. The maximum atomic E-state index is 5.94. The molecule has 0 saturated heterocycles. The molecule has 70 valence electrons. The van der Waals surface area contributed by atoms with Gasteiger partial charge in [0.25, 0.3) is 0 Å². The molecule has 0 aromatic heterocycles. The molecule has 0 amide bonds. The van der Waals surface area contributed by atoms with E-state index in [9.17, 15) is 0 Å². The molecule has 0 radical (unpaired) electrons. The van der Waals surface area contributed by atoms with Crippen molar-refractivity contribution in [2.45, 2.75) is 6.42 Å². The quantitative estimate of drug-likeness (QED) is 0.592. The van der Waals surface area contributed by atoms with E-state index < -0.39 is 0 Å². The maximum absolute atomic E-state index is 5.94. The van der Waals surface area contributed by atoms with Gasteiger partial charge in [-0.15, -0.1) is 6.58 Å². The summed E-state index contributed by atoms with van der Waals surface area (Å²) in [5.74, 6) is 0. The average molecular weight is 216 g/mol. The van der Waals surface area contributed by atoms with Crippen LogP contribution in [0.3, 0.4) is 0 Å². The normalized spacial score (nSPS) is 9.69. The Kier molecular flexibility index (Phi) is 4.13. The van der Waals surface area contributed by atoms with Crippen LogP contribution in [0.2, 0.25) is 10.0 Å². The molecule has 0 spiro atoms. The van der Waals surface area contributed by atoms with Gasteiger partial charge in [0.1, 0.15) is 0 Å². The van der Waals surface area contributed by atoms with Crippen molar-refractivity contribution in [1.29, 1.82) is 0 Å². The summed E-state index contributed by atoms with van der Waals surface area (Å²) in [7, 11) is 0. The molecule has 0 aliphatic heterocycles. The van der Waals surface area contributed by atoms with Crippen molar-refractivity contribution >= 4 is 28.9 Å². The van der Waals surface area contributed by atoms with Crippen molar-refractivity contribution in [2.24, 2.45) is 0 Å². The van der Waals surface area contributed by atoms with Crippen LogP contribution in [0.15, 0.2) is 30.9 Å². The van der Waals surface area contributed by atoms with E-state index in [0.29, 0.717) is 10.0 Å². The van der Waals surface area contributed by atoms with Gasteiger partial charge in [-0.3, -0.25) is 0 Å². The summed E-state index contributed by atoms with van der Waals surface area (Å²) in [4.78, 5) is 0. The number of hydrogen-bond donors (Lipinski definition) is 1. The fourth-order valence-electron chi connectivity index (χ4n) is 0.942. The van der Waals surface area contributed by atoms with E-state index in [0.717, 1.165) is 18.7 Å². The standard InChI is InChI=1S/C10H11Cl2N/c1-2-3-6-13-10-5-4-8(11)7-9(10)12/h2,4-5,7,13H,1,3,6H2. The number of hydrogen-bond acceptors (Lipinski definition) is 1. The summed E-state index contributed by atoms with van der Waals surface area (Å²) in [5, 5.41) is 4.48. The summed E-state index contributed by atoms with van der Waals surface area (Å²) in [6, 6.07) is 5.40. The molecule has 1 nitrogen and oxygen atoms in total. The number of rotatable bonds is 4. The van der Waals surface area contributed by atoms with Crippen LogP contribution in [-0.4, -0.2) is 6.54 Å². The number of halogens is 2. The van der Waals surface area contributed by atoms with E-state index in [2.05, 4.69) is 11.9 Å². The van der Waals surface area contributed by atoms with Crippen LogP contribution in [0, 0.1) is 0 Å². The third kappa shape index (κ3) is 3.29. The van der Waals surface area contributed by atoms with E-state index in [-0.39, 0.29) is 0 Å². The van der Waals surface area contributed by atoms with E-state index in [1.54, 1.807) is 6.07 Å². The van der Waals surface area contributed by atoms with Gasteiger partial charge in [-0.25, -0.2) is 0 Å². The molecule has 13 heavy (non-hydrogen) atoms. The zero-order valence-corrected chi connectivity index (χ0v) is 8.70. The van der Waals surface area contributed by atoms with Crippen LogP contribution in [0.4, 0.5) is 5.69 Å². The zero-order valence-electron chi connectivity index (χ0n) is 7.19. The molecule has 0 aliphatic rings. The van der Waals surface area contributed by atoms with Crippen molar-refractivity contribution in [2.75, 3.05) is 11.9 Å². The lowest BCUT2D eigenvalue weighted by molar-refractivity contribution is 1.07. The van der Waals surface area contributed by atoms with Crippen molar-refractivity contribution in [1.82, 2.24) is 0 Å². The number of anilines is 1. The highest BCUT2D eigenvalue weighted by molar-refractivity contribution is 6.36. The molecule has 0 heterocycles. The zero-order chi connectivity index (χ0) is 9.68. The maximum Gasteiger partial charge on any atom is 0.0652 e. The van der Waals surface area contributed by atoms with Gasteiger partial charge in [-0.1, -0.05) is 29.3 Å². The highest BCUT2D eigenvalue weighted by atomic mass is 35.5. The van der Waals surface area contributed by atoms with Crippen LogP contribution in [0.5, 0.6) is 0 Å². The first kappa shape index (κ1) is 10.4. The molecule has 3 heteroatoms. The Morgan fingerprint density at radius 3 is 2.77 bits per heavy atom. The Balaban J connectivity index is 2.61. The van der Waals surface area contributed by atoms with Crippen LogP contribution >= 0.6 is 23.2 Å². The lowest BCUT2D eigenvalue weighted by atomic mass is 10.3. The highest BCUT2D eigenvalue weighted by Crippen LogP contribution is 2.25. The van der Waals surface area contributed by atoms with Crippen LogP contribution in [-0.2, 0) is 0 Å². The largest absolute Gasteiger partial charge is 0.384 e. The SMILES string of the molecule is C=CCCNc1ccc(Cl)cc1Cl. The molecule has 1 aromatic rings. The smallest absolute Gasteiger partial charge is 0.0652 e. The lowest BCUT2D eigenvalue weighted by Crippen LogP contribution is -2.00. The van der Waals surface area contributed by atoms with Gasteiger partial charge in [0, 0.05) is 11.6 Å².